The van der Waals surface area contributed by atoms with Gasteiger partial charge in [0, 0.05) is 6.42 Å². The zero-order chi connectivity index (χ0) is 14.5. The van der Waals surface area contributed by atoms with Crippen molar-refractivity contribution >= 4 is 17.5 Å². The smallest absolute Gasteiger partial charge is 0.441 e. The molecule has 20 heavy (non-hydrogen) atoms. The van der Waals surface area contributed by atoms with Crippen molar-refractivity contribution in [3.8, 4) is 0 Å². The van der Waals surface area contributed by atoms with Crippen molar-refractivity contribution in [2.24, 2.45) is 5.92 Å². The Morgan fingerprint density at radius 3 is 2.40 bits per heavy atom. The van der Waals surface area contributed by atoms with Crippen LogP contribution in [0.3, 0.4) is 0 Å². The van der Waals surface area contributed by atoms with Gasteiger partial charge in [0.1, 0.15) is 0 Å². The molecule has 0 aromatic carbocycles. The highest BCUT2D eigenvalue weighted by molar-refractivity contribution is 6.62. The van der Waals surface area contributed by atoms with Gasteiger partial charge in [0.2, 0.25) is 0 Å². The minimum absolute atomic E-state index is 0.149. The van der Waals surface area contributed by atoms with Gasteiger partial charge in [-0.1, -0.05) is 23.3 Å². The molecule has 0 radical (unpaired) electrons. The summed E-state index contributed by atoms with van der Waals surface area (Å²) in [5.41, 5.74) is 11.2. The number of ether oxygens (including phenoxy) is 1. The van der Waals surface area contributed by atoms with Crippen LogP contribution in [0, 0.1) is 5.92 Å². The number of nitrogens with zero attached hydrogens (tertiary/aromatic N) is 2. The van der Waals surface area contributed by atoms with Crippen molar-refractivity contribution < 1.29 is 19.1 Å². The maximum absolute atomic E-state index is 12.0. The Morgan fingerprint density at radius 1 is 1.30 bits per heavy atom. The van der Waals surface area contributed by atoms with Crippen LogP contribution < -0.4 is 0 Å². The molecule has 106 valence electrons. The summed E-state index contributed by atoms with van der Waals surface area (Å²) in [5, 5.41) is 0. The maximum Gasteiger partial charge on any atom is 0.441 e. The topological polar surface area (TPSA) is 79.8 Å². The second-order valence-electron chi connectivity index (χ2n) is 5.16. The lowest BCUT2D eigenvalue weighted by Crippen LogP contribution is -2.28. The van der Waals surface area contributed by atoms with Crippen molar-refractivity contribution in [3.05, 3.63) is 28.8 Å². The fraction of sp³-hybridized carbons (Fsp3) is 0.533. The first-order valence-corrected chi connectivity index (χ1v) is 6.92. The Morgan fingerprint density at radius 2 is 1.90 bits per heavy atom. The summed E-state index contributed by atoms with van der Waals surface area (Å²) in [7, 11) is 0. The summed E-state index contributed by atoms with van der Waals surface area (Å²) in [6, 6.07) is 0. The monoisotopic (exact) mass is 274 g/mol. The average molecular weight is 274 g/mol. The van der Waals surface area contributed by atoms with Crippen LogP contribution in [0.5, 0.6) is 0 Å². The summed E-state index contributed by atoms with van der Waals surface area (Å²) in [4.78, 5) is 26.3. The summed E-state index contributed by atoms with van der Waals surface area (Å²) < 4.78 is 4.70. The number of carbonyl (C=O) groups is 2. The van der Waals surface area contributed by atoms with Crippen LogP contribution >= 0.6 is 0 Å². The molecule has 0 saturated carbocycles. The van der Waals surface area contributed by atoms with E-state index in [-0.39, 0.29) is 18.9 Å². The molecule has 0 aromatic rings. The Bertz CT molecular complexity index is 519. The first-order chi connectivity index (χ1) is 9.65. The van der Waals surface area contributed by atoms with E-state index in [1.54, 1.807) is 6.92 Å². The van der Waals surface area contributed by atoms with E-state index in [2.05, 4.69) is 16.9 Å². The summed E-state index contributed by atoms with van der Waals surface area (Å²) in [6.45, 7) is 1.79. The van der Waals surface area contributed by atoms with Gasteiger partial charge in [-0.05, 0) is 38.5 Å². The van der Waals surface area contributed by atoms with Crippen LogP contribution in [0.2, 0.25) is 0 Å². The Kier molecular flexibility index (Phi) is 4.64. The highest BCUT2D eigenvalue weighted by Gasteiger charge is 2.34. The molecule has 0 aliphatic heterocycles. The highest BCUT2D eigenvalue weighted by atomic mass is 16.5. The van der Waals surface area contributed by atoms with Gasteiger partial charge in [0.05, 0.1) is 6.61 Å². The Labute approximate surface area is 117 Å². The molecular formula is C15H18N2O3. The van der Waals surface area contributed by atoms with Crippen LogP contribution in [-0.2, 0) is 14.3 Å². The lowest BCUT2D eigenvalue weighted by Gasteiger charge is -2.06. The molecule has 2 rings (SSSR count). The zero-order valence-corrected chi connectivity index (χ0v) is 11.6. The summed E-state index contributed by atoms with van der Waals surface area (Å²) >= 11 is 0. The fourth-order valence-corrected chi connectivity index (χ4v) is 2.88. The second-order valence-corrected chi connectivity index (χ2v) is 5.16. The number of allylic oxidation sites excluding steroid dienone is 4. The molecule has 0 saturated heterocycles. The van der Waals surface area contributed by atoms with Crippen LogP contribution in [0.25, 0.3) is 5.53 Å². The van der Waals surface area contributed by atoms with Crippen molar-refractivity contribution in [3.63, 3.8) is 0 Å². The fourth-order valence-electron chi connectivity index (χ4n) is 2.88. The number of esters is 1. The average Bonchev–Trinajstić information content (AvgIpc) is 2.81. The SMILES string of the molecule is CCOC(=O)C(=[N+]=[N-])C(=O)CC1CC2=C(CC=CC2)C1. The molecule has 0 bridgehead atoms. The highest BCUT2D eigenvalue weighted by Crippen LogP contribution is 2.39. The van der Waals surface area contributed by atoms with E-state index in [1.807, 2.05) is 0 Å². The third kappa shape index (κ3) is 3.11. The standard InChI is InChI=1S/C15H18N2O3/c1-2-20-15(19)14(17-16)13(18)9-10-7-11-5-3-4-6-12(11)8-10/h3-4,10H,2,5-9H2,1H3. The summed E-state index contributed by atoms with van der Waals surface area (Å²) in [5.74, 6) is -1.08. The molecule has 2 aliphatic carbocycles. The van der Waals surface area contributed by atoms with E-state index in [4.69, 9.17) is 10.3 Å². The lowest BCUT2D eigenvalue weighted by molar-refractivity contribution is -0.141. The van der Waals surface area contributed by atoms with Gasteiger partial charge in [-0.25, -0.2) is 4.79 Å². The zero-order valence-electron chi connectivity index (χ0n) is 11.6. The van der Waals surface area contributed by atoms with Crippen molar-refractivity contribution in [2.45, 2.75) is 39.0 Å². The molecule has 0 N–H and O–H groups in total. The third-order valence-electron chi connectivity index (χ3n) is 3.77. The first-order valence-electron chi connectivity index (χ1n) is 6.92. The van der Waals surface area contributed by atoms with Crippen molar-refractivity contribution in [2.75, 3.05) is 6.61 Å². The number of hydrogen-bond acceptors (Lipinski definition) is 3. The molecule has 2 aliphatic rings. The van der Waals surface area contributed by atoms with E-state index in [9.17, 15) is 9.59 Å². The molecule has 0 unspecified atom stereocenters. The van der Waals surface area contributed by atoms with Gasteiger partial charge in [-0.3, -0.25) is 4.79 Å². The Balaban J connectivity index is 1.93. The quantitative estimate of drug-likeness (QED) is 0.192. The molecule has 0 atom stereocenters. The number of hydrogen-bond donors (Lipinski definition) is 0. The second kappa shape index (κ2) is 6.44. The molecule has 0 fully saturated rings. The van der Waals surface area contributed by atoms with Crippen molar-refractivity contribution in [1.29, 1.82) is 0 Å². The van der Waals surface area contributed by atoms with Gasteiger partial charge >= 0.3 is 11.7 Å². The number of ketones is 1. The van der Waals surface area contributed by atoms with E-state index >= 15 is 0 Å². The van der Waals surface area contributed by atoms with Crippen LogP contribution in [0.4, 0.5) is 0 Å². The number of Topliss-reactive ketones (excluding diaryl/α,β-unsaturated/α-hetero) is 1. The minimum atomic E-state index is -0.850. The van der Waals surface area contributed by atoms with Crippen molar-refractivity contribution in [1.82, 2.24) is 0 Å². The predicted molar refractivity (Wildman–Crippen MR) is 73.0 cm³/mol. The normalized spacial score (nSPS) is 17.6. The van der Waals surface area contributed by atoms with E-state index < -0.39 is 17.5 Å². The maximum atomic E-state index is 12.0. The van der Waals surface area contributed by atoms with E-state index in [0.717, 1.165) is 25.7 Å². The van der Waals surface area contributed by atoms with Gasteiger partial charge in [0.25, 0.3) is 5.78 Å². The molecule has 0 aromatic heterocycles. The van der Waals surface area contributed by atoms with Gasteiger partial charge in [-0.15, -0.1) is 0 Å². The van der Waals surface area contributed by atoms with Crippen LogP contribution in [-0.4, -0.2) is 28.9 Å². The number of rotatable bonds is 5. The molecule has 5 heteroatoms. The number of carbonyl (C=O) groups excluding carboxylic acids is 2. The van der Waals surface area contributed by atoms with Crippen LogP contribution in [0.1, 0.15) is 39.0 Å². The third-order valence-corrected chi connectivity index (χ3v) is 3.77. The van der Waals surface area contributed by atoms with Gasteiger partial charge in [0.15, 0.2) is 0 Å². The van der Waals surface area contributed by atoms with Gasteiger partial charge in [-0.2, -0.15) is 4.79 Å². The van der Waals surface area contributed by atoms with Crippen LogP contribution in [0.15, 0.2) is 23.3 Å². The largest absolute Gasteiger partial charge is 0.457 e. The first kappa shape index (κ1) is 14.4. The van der Waals surface area contributed by atoms with Gasteiger partial charge < -0.3 is 10.3 Å². The minimum Gasteiger partial charge on any atom is -0.457 e. The molecule has 5 nitrogen and oxygen atoms in total. The van der Waals surface area contributed by atoms with E-state index in [1.165, 1.54) is 11.1 Å². The molecule has 0 amide bonds. The molecule has 0 spiro atoms. The lowest BCUT2D eigenvalue weighted by atomic mass is 9.96. The Hall–Kier alpha value is -2.00. The molecule has 0 heterocycles. The summed E-state index contributed by atoms with van der Waals surface area (Å²) in [6.07, 6.45) is 8.27. The molecular weight excluding hydrogens is 256 g/mol. The predicted octanol–water partition coefficient (Wildman–Crippen LogP) is 2.24. The van der Waals surface area contributed by atoms with E-state index in [0.29, 0.717) is 0 Å².